The van der Waals surface area contributed by atoms with Crippen molar-refractivity contribution in [3.8, 4) is 0 Å². The first-order valence-corrected chi connectivity index (χ1v) is 6.77. The van der Waals surface area contributed by atoms with Crippen LogP contribution >= 0.6 is 27.5 Å². The molecule has 0 radical (unpaired) electrons. The van der Waals surface area contributed by atoms with Crippen molar-refractivity contribution in [3.63, 3.8) is 0 Å². The van der Waals surface area contributed by atoms with E-state index in [4.69, 9.17) is 11.6 Å². The van der Waals surface area contributed by atoms with E-state index < -0.39 is 10.7 Å². The van der Waals surface area contributed by atoms with Crippen LogP contribution < -0.4 is 5.32 Å². The minimum absolute atomic E-state index is 0.0486. The molecule has 0 atom stereocenters. The lowest BCUT2D eigenvalue weighted by Gasteiger charge is -2.09. The number of hydrogen-bond acceptors (Lipinski definition) is 3. The number of rotatable bonds is 4. The quantitative estimate of drug-likeness (QED) is 0.632. The van der Waals surface area contributed by atoms with Gasteiger partial charge in [-0.05, 0) is 27.6 Å². The molecule has 0 aromatic heterocycles. The number of nitro benzene ring substituents is 1. The molecule has 0 unspecified atom stereocenters. The summed E-state index contributed by atoms with van der Waals surface area (Å²) in [5.74, 6) is -0.572. The maximum atomic E-state index is 13.5. The molecular formula is C13H9BrClFN2O2. The van der Waals surface area contributed by atoms with Crippen LogP contribution in [0.15, 0.2) is 40.9 Å². The third-order valence-corrected chi connectivity index (χ3v) is 3.64. The average Bonchev–Trinajstić information content (AvgIpc) is 2.41. The van der Waals surface area contributed by atoms with Gasteiger partial charge in [0.25, 0.3) is 5.69 Å². The summed E-state index contributed by atoms with van der Waals surface area (Å²) in [5, 5.41) is 14.3. The second kappa shape index (κ2) is 6.19. The standard InChI is InChI=1S/C13H9BrClFN2O2/c14-9-5-13(18(19)20)12(6-11(9)16)17-7-8-3-1-2-4-10(8)15/h1-6,17H,7H2. The second-order valence-corrected chi connectivity index (χ2v) is 5.25. The van der Waals surface area contributed by atoms with Gasteiger partial charge in [0.15, 0.2) is 0 Å². The Morgan fingerprint density at radius 1 is 1.35 bits per heavy atom. The lowest BCUT2D eigenvalue weighted by atomic mass is 10.2. The number of nitro groups is 1. The van der Waals surface area contributed by atoms with Gasteiger partial charge < -0.3 is 5.32 Å². The highest BCUT2D eigenvalue weighted by molar-refractivity contribution is 9.10. The molecule has 104 valence electrons. The van der Waals surface area contributed by atoms with Gasteiger partial charge in [-0.2, -0.15) is 0 Å². The molecule has 0 aliphatic carbocycles. The fourth-order valence-corrected chi connectivity index (χ4v) is 2.20. The summed E-state index contributed by atoms with van der Waals surface area (Å²) < 4.78 is 13.5. The van der Waals surface area contributed by atoms with Crippen LogP contribution in [0.5, 0.6) is 0 Å². The molecule has 0 aliphatic heterocycles. The first kappa shape index (κ1) is 14.7. The van der Waals surface area contributed by atoms with Crippen LogP contribution in [0.1, 0.15) is 5.56 Å². The van der Waals surface area contributed by atoms with E-state index in [1.54, 1.807) is 24.3 Å². The van der Waals surface area contributed by atoms with E-state index in [9.17, 15) is 14.5 Å². The van der Waals surface area contributed by atoms with E-state index in [0.717, 1.165) is 17.7 Å². The molecule has 0 saturated carbocycles. The van der Waals surface area contributed by atoms with Gasteiger partial charge in [0.05, 0.1) is 9.40 Å². The summed E-state index contributed by atoms with van der Waals surface area (Å²) in [6.07, 6.45) is 0. The number of hydrogen-bond donors (Lipinski definition) is 1. The first-order chi connectivity index (χ1) is 9.49. The zero-order valence-corrected chi connectivity index (χ0v) is 12.4. The van der Waals surface area contributed by atoms with E-state index >= 15 is 0 Å². The number of anilines is 1. The molecule has 0 bridgehead atoms. The monoisotopic (exact) mass is 358 g/mol. The van der Waals surface area contributed by atoms with Gasteiger partial charge in [-0.1, -0.05) is 29.8 Å². The van der Waals surface area contributed by atoms with Crippen LogP contribution in [0.25, 0.3) is 0 Å². The van der Waals surface area contributed by atoms with Crippen molar-refractivity contribution in [3.05, 3.63) is 67.4 Å². The van der Waals surface area contributed by atoms with Crippen LogP contribution in [-0.2, 0) is 6.54 Å². The third-order valence-electron chi connectivity index (χ3n) is 2.66. The van der Waals surface area contributed by atoms with Crippen LogP contribution in [-0.4, -0.2) is 4.92 Å². The normalized spacial score (nSPS) is 10.3. The number of benzene rings is 2. The Balaban J connectivity index is 2.27. The van der Waals surface area contributed by atoms with E-state index in [-0.39, 0.29) is 22.4 Å². The molecule has 20 heavy (non-hydrogen) atoms. The van der Waals surface area contributed by atoms with Crippen molar-refractivity contribution in [2.45, 2.75) is 6.54 Å². The Bertz CT molecular complexity index is 667. The Labute approximate surface area is 127 Å². The zero-order valence-electron chi connectivity index (χ0n) is 10.1. The van der Waals surface area contributed by atoms with Gasteiger partial charge in [0, 0.05) is 23.7 Å². The summed E-state index contributed by atoms with van der Waals surface area (Å²) in [5.41, 5.74) is 0.674. The molecule has 2 aromatic rings. The highest BCUT2D eigenvalue weighted by atomic mass is 79.9. The van der Waals surface area contributed by atoms with E-state index in [1.165, 1.54) is 0 Å². The summed E-state index contributed by atoms with van der Waals surface area (Å²) in [4.78, 5) is 10.4. The third kappa shape index (κ3) is 3.26. The van der Waals surface area contributed by atoms with Crippen molar-refractivity contribution in [1.82, 2.24) is 0 Å². The summed E-state index contributed by atoms with van der Waals surface area (Å²) >= 11 is 8.92. The SMILES string of the molecule is O=[N+]([O-])c1cc(Br)c(F)cc1NCc1ccccc1Cl. The lowest BCUT2D eigenvalue weighted by molar-refractivity contribution is -0.384. The van der Waals surface area contributed by atoms with E-state index in [0.29, 0.717) is 5.02 Å². The van der Waals surface area contributed by atoms with Crippen molar-refractivity contribution < 1.29 is 9.31 Å². The predicted octanol–water partition coefficient (Wildman–Crippen LogP) is 4.76. The Morgan fingerprint density at radius 3 is 2.70 bits per heavy atom. The molecule has 2 rings (SSSR count). The van der Waals surface area contributed by atoms with Crippen molar-refractivity contribution in [2.24, 2.45) is 0 Å². The van der Waals surface area contributed by atoms with Gasteiger partial charge in [-0.3, -0.25) is 10.1 Å². The maximum Gasteiger partial charge on any atom is 0.293 e. The number of halogens is 3. The molecule has 7 heteroatoms. The largest absolute Gasteiger partial charge is 0.375 e. The Morgan fingerprint density at radius 2 is 2.05 bits per heavy atom. The molecule has 0 amide bonds. The Hall–Kier alpha value is -1.66. The number of nitrogens with zero attached hydrogens (tertiary/aromatic N) is 1. The zero-order chi connectivity index (χ0) is 14.7. The molecular weight excluding hydrogens is 351 g/mol. The smallest absolute Gasteiger partial charge is 0.293 e. The van der Waals surface area contributed by atoms with E-state index in [2.05, 4.69) is 21.2 Å². The molecule has 4 nitrogen and oxygen atoms in total. The van der Waals surface area contributed by atoms with Crippen molar-refractivity contribution in [1.29, 1.82) is 0 Å². The average molecular weight is 360 g/mol. The summed E-state index contributed by atoms with van der Waals surface area (Å²) in [7, 11) is 0. The van der Waals surface area contributed by atoms with Gasteiger partial charge in [-0.15, -0.1) is 0 Å². The molecule has 0 aliphatic rings. The first-order valence-electron chi connectivity index (χ1n) is 5.59. The molecule has 0 heterocycles. The van der Waals surface area contributed by atoms with Crippen molar-refractivity contribution >= 4 is 38.9 Å². The van der Waals surface area contributed by atoms with E-state index in [1.807, 2.05) is 0 Å². The predicted molar refractivity (Wildman–Crippen MR) is 79.5 cm³/mol. The second-order valence-electron chi connectivity index (χ2n) is 3.99. The van der Waals surface area contributed by atoms with Gasteiger partial charge in [-0.25, -0.2) is 4.39 Å². The summed E-state index contributed by atoms with van der Waals surface area (Å²) in [6.45, 7) is 0.265. The fourth-order valence-electron chi connectivity index (χ4n) is 1.66. The van der Waals surface area contributed by atoms with Crippen LogP contribution in [0.2, 0.25) is 5.02 Å². The minimum atomic E-state index is -0.572. The molecule has 0 saturated heterocycles. The fraction of sp³-hybridized carbons (Fsp3) is 0.0769. The topological polar surface area (TPSA) is 55.2 Å². The number of nitrogens with one attached hydrogen (secondary N) is 1. The van der Waals surface area contributed by atoms with Crippen LogP contribution in [0, 0.1) is 15.9 Å². The maximum absolute atomic E-state index is 13.5. The van der Waals surface area contributed by atoms with Gasteiger partial charge >= 0.3 is 0 Å². The summed E-state index contributed by atoms with van der Waals surface area (Å²) in [6, 6.07) is 9.31. The van der Waals surface area contributed by atoms with Crippen LogP contribution in [0.3, 0.4) is 0 Å². The minimum Gasteiger partial charge on any atom is -0.375 e. The molecule has 0 spiro atoms. The van der Waals surface area contributed by atoms with Crippen LogP contribution in [0.4, 0.5) is 15.8 Å². The molecule has 2 aromatic carbocycles. The van der Waals surface area contributed by atoms with Gasteiger partial charge in [0.1, 0.15) is 11.5 Å². The molecule has 1 N–H and O–H groups in total. The highest BCUT2D eigenvalue weighted by Gasteiger charge is 2.17. The van der Waals surface area contributed by atoms with Gasteiger partial charge in [0.2, 0.25) is 0 Å². The lowest BCUT2D eigenvalue weighted by Crippen LogP contribution is -2.04. The molecule has 0 fully saturated rings. The Kier molecular flexibility index (Phi) is 4.57. The van der Waals surface area contributed by atoms with Crippen molar-refractivity contribution in [2.75, 3.05) is 5.32 Å². The highest BCUT2D eigenvalue weighted by Crippen LogP contribution is 2.31.